The lowest BCUT2D eigenvalue weighted by atomic mass is 9.77. The van der Waals surface area contributed by atoms with Gasteiger partial charge in [-0.1, -0.05) is 18.3 Å². The zero-order chi connectivity index (χ0) is 13.6. The summed E-state index contributed by atoms with van der Waals surface area (Å²) >= 11 is 1.38. The van der Waals surface area contributed by atoms with E-state index in [1.165, 1.54) is 11.5 Å². The number of hydrogen-bond acceptors (Lipinski definition) is 5. The van der Waals surface area contributed by atoms with Gasteiger partial charge < -0.3 is 4.57 Å². The molecule has 0 N–H and O–H groups in total. The smallest absolute Gasteiger partial charge is 0.181 e. The third kappa shape index (κ3) is 2.20. The highest BCUT2D eigenvalue weighted by Crippen LogP contribution is 2.34. The Labute approximate surface area is 115 Å². The van der Waals surface area contributed by atoms with Gasteiger partial charge in [-0.25, -0.2) is 4.98 Å². The van der Waals surface area contributed by atoms with Crippen LogP contribution in [0.25, 0.3) is 0 Å². The number of carbonyl (C=O) groups is 1. The van der Waals surface area contributed by atoms with E-state index in [9.17, 15) is 4.79 Å². The van der Waals surface area contributed by atoms with E-state index in [4.69, 9.17) is 0 Å². The predicted octanol–water partition coefficient (Wildman–Crippen LogP) is 2.25. The maximum absolute atomic E-state index is 12.3. The number of imidazole rings is 1. The van der Waals surface area contributed by atoms with Crippen LogP contribution < -0.4 is 0 Å². The van der Waals surface area contributed by atoms with E-state index in [1.807, 2.05) is 11.5 Å². The van der Waals surface area contributed by atoms with Crippen molar-refractivity contribution in [2.45, 2.75) is 40.2 Å². The molecule has 0 fully saturated rings. The van der Waals surface area contributed by atoms with Crippen LogP contribution in [-0.4, -0.2) is 24.9 Å². The van der Waals surface area contributed by atoms with Crippen molar-refractivity contribution in [3.8, 4) is 0 Å². The van der Waals surface area contributed by atoms with Crippen LogP contribution in [0.15, 0.2) is 6.33 Å². The van der Waals surface area contributed by atoms with E-state index in [1.54, 1.807) is 6.33 Å². The second kappa shape index (κ2) is 4.23. The minimum Gasteiger partial charge on any atom is -0.323 e. The average molecular weight is 276 g/mol. The summed E-state index contributed by atoms with van der Waals surface area (Å²) in [7, 11) is 0. The molecule has 6 heteroatoms. The Morgan fingerprint density at radius 2 is 2.21 bits per heavy atom. The molecule has 0 aromatic carbocycles. The highest BCUT2D eigenvalue weighted by Gasteiger charge is 2.34. The molecule has 1 aliphatic carbocycles. The molecular weight excluding hydrogens is 260 g/mol. The third-order valence-corrected chi connectivity index (χ3v) is 4.33. The molecule has 0 amide bonds. The van der Waals surface area contributed by atoms with Crippen LogP contribution >= 0.6 is 11.5 Å². The van der Waals surface area contributed by atoms with Crippen LogP contribution in [0, 0.1) is 12.3 Å². The summed E-state index contributed by atoms with van der Waals surface area (Å²) in [5, 5.41) is 4.00. The molecule has 0 saturated carbocycles. The van der Waals surface area contributed by atoms with Gasteiger partial charge in [0.1, 0.15) is 5.69 Å². The zero-order valence-corrected chi connectivity index (χ0v) is 12.1. The highest BCUT2D eigenvalue weighted by molar-refractivity contribution is 7.05. The van der Waals surface area contributed by atoms with E-state index in [2.05, 4.69) is 28.4 Å². The fraction of sp³-hybridized carbons (Fsp3) is 0.538. The summed E-state index contributed by atoms with van der Waals surface area (Å²) in [6.45, 7) is 6.80. The fourth-order valence-corrected chi connectivity index (χ4v) is 3.21. The second-order valence-electron chi connectivity index (χ2n) is 5.89. The number of ketones is 1. The van der Waals surface area contributed by atoms with Crippen LogP contribution in [-0.2, 0) is 13.0 Å². The molecule has 0 aliphatic heterocycles. The minimum atomic E-state index is 0.0191. The van der Waals surface area contributed by atoms with Crippen LogP contribution in [0.2, 0.25) is 0 Å². The van der Waals surface area contributed by atoms with Crippen molar-refractivity contribution in [3.63, 3.8) is 0 Å². The molecule has 1 aliphatic rings. The molecule has 0 atom stereocenters. The Hall–Kier alpha value is -1.56. The molecule has 2 aromatic heterocycles. The largest absolute Gasteiger partial charge is 0.323 e. The number of Topliss-reactive ketones (excluding diaryl/α,β-unsaturated/α-hetero) is 1. The van der Waals surface area contributed by atoms with Gasteiger partial charge in [-0.2, -0.15) is 0 Å². The Kier molecular flexibility index (Phi) is 2.78. The highest BCUT2D eigenvalue weighted by atomic mass is 32.1. The first kappa shape index (κ1) is 12.5. The van der Waals surface area contributed by atoms with Crippen molar-refractivity contribution < 1.29 is 4.79 Å². The number of carbonyl (C=O) groups excluding carboxylic acids is 1. The number of nitrogens with zero attached hydrogens (tertiary/aromatic N) is 4. The summed E-state index contributed by atoms with van der Waals surface area (Å²) in [6, 6.07) is 0. The number of rotatable bonds is 2. The van der Waals surface area contributed by atoms with Crippen LogP contribution in [0.4, 0.5) is 0 Å². The molecular formula is C13H16N4OS. The van der Waals surface area contributed by atoms with Gasteiger partial charge >= 0.3 is 0 Å². The Bertz CT molecular complexity index is 641. The maximum Gasteiger partial charge on any atom is 0.181 e. The van der Waals surface area contributed by atoms with Crippen molar-refractivity contribution in [2.75, 3.05) is 0 Å². The van der Waals surface area contributed by atoms with Crippen molar-refractivity contribution in [1.29, 1.82) is 0 Å². The monoisotopic (exact) mass is 276 g/mol. The maximum atomic E-state index is 12.3. The summed E-state index contributed by atoms with van der Waals surface area (Å²) in [6.07, 6.45) is 3.22. The number of aryl methyl sites for hydroxylation is 1. The average Bonchev–Trinajstić information content (AvgIpc) is 2.86. The summed E-state index contributed by atoms with van der Waals surface area (Å²) < 4.78 is 5.87. The van der Waals surface area contributed by atoms with Crippen molar-refractivity contribution in [3.05, 3.63) is 28.3 Å². The van der Waals surface area contributed by atoms with Gasteiger partial charge in [-0.05, 0) is 30.3 Å². The standard InChI is InChI=1S/C13H16N4OS/c1-8-11(19-16-15-8)6-17-7-14-9-4-13(2,3)5-10(18)12(9)17/h7H,4-6H2,1-3H3. The van der Waals surface area contributed by atoms with Crippen molar-refractivity contribution >= 4 is 17.3 Å². The lowest BCUT2D eigenvalue weighted by Gasteiger charge is -2.28. The summed E-state index contributed by atoms with van der Waals surface area (Å²) in [5.41, 5.74) is 2.64. The van der Waals surface area contributed by atoms with Gasteiger partial charge in [-0.3, -0.25) is 4.79 Å². The molecule has 0 radical (unpaired) electrons. The molecule has 5 nitrogen and oxygen atoms in total. The quantitative estimate of drug-likeness (QED) is 0.844. The lowest BCUT2D eigenvalue weighted by molar-refractivity contribution is 0.0901. The van der Waals surface area contributed by atoms with Gasteiger partial charge in [-0.15, -0.1) is 5.10 Å². The fourth-order valence-electron chi connectivity index (χ4n) is 2.58. The molecule has 0 saturated heterocycles. The number of fused-ring (bicyclic) bond motifs is 1. The summed E-state index contributed by atoms with van der Waals surface area (Å²) in [5.74, 6) is 0.193. The van der Waals surface area contributed by atoms with E-state index >= 15 is 0 Å². The topological polar surface area (TPSA) is 60.7 Å². The normalized spacial score (nSPS) is 17.5. The Morgan fingerprint density at radius 1 is 1.42 bits per heavy atom. The zero-order valence-electron chi connectivity index (χ0n) is 11.3. The van der Waals surface area contributed by atoms with E-state index in [-0.39, 0.29) is 11.2 Å². The van der Waals surface area contributed by atoms with Crippen molar-refractivity contribution in [2.24, 2.45) is 5.41 Å². The van der Waals surface area contributed by atoms with E-state index in [0.29, 0.717) is 13.0 Å². The molecule has 2 aromatic rings. The second-order valence-corrected chi connectivity index (χ2v) is 6.73. The molecule has 0 bridgehead atoms. The van der Waals surface area contributed by atoms with Crippen LogP contribution in [0.1, 0.15) is 47.0 Å². The molecule has 0 unspecified atom stereocenters. The van der Waals surface area contributed by atoms with Crippen LogP contribution in [0.5, 0.6) is 0 Å². The minimum absolute atomic E-state index is 0.0191. The molecule has 19 heavy (non-hydrogen) atoms. The van der Waals surface area contributed by atoms with Gasteiger partial charge in [0.25, 0.3) is 0 Å². The molecule has 0 spiro atoms. The van der Waals surface area contributed by atoms with E-state index < -0.39 is 0 Å². The summed E-state index contributed by atoms with van der Waals surface area (Å²) in [4.78, 5) is 17.8. The predicted molar refractivity (Wildman–Crippen MR) is 72.4 cm³/mol. The molecule has 3 rings (SSSR count). The van der Waals surface area contributed by atoms with E-state index in [0.717, 1.165) is 28.4 Å². The van der Waals surface area contributed by atoms with Gasteiger partial charge in [0.2, 0.25) is 0 Å². The first-order valence-electron chi connectivity index (χ1n) is 6.31. The Balaban J connectivity index is 1.96. The molecule has 2 heterocycles. The van der Waals surface area contributed by atoms with Gasteiger partial charge in [0.05, 0.1) is 29.1 Å². The number of hydrogen-bond donors (Lipinski definition) is 0. The first-order valence-corrected chi connectivity index (χ1v) is 7.09. The van der Waals surface area contributed by atoms with Gasteiger partial charge in [0, 0.05) is 6.42 Å². The SMILES string of the molecule is Cc1nnsc1Cn1cnc2c1C(=O)CC(C)(C)C2. The molecule has 100 valence electrons. The first-order chi connectivity index (χ1) is 8.96. The lowest BCUT2D eigenvalue weighted by Crippen LogP contribution is -2.28. The van der Waals surface area contributed by atoms with Crippen LogP contribution in [0.3, 0.4) is 0 Å². The third-order valence-electron chi connectivity index (χ3n) is 3.52. The van der Waals surface area contributed by atoms with Gasteiger partial charge in [0.15, 0.2) is 5.78 Å². The Morgan fingerprint density at radius 3 is 2.89 bits per heavy atom. The van der Waals surface area contributed by atoms with Crippen molar-refractivity contribution in [1.82, 2.24) is 19.1 Å². The number of aromatic nitrogens is 4.